The quantitative estimate of drug-likeness (QED) is 0.723. The first-order valence-electron chi connectivity index (χ1n) is 5.52. The highest BCUT2D eigenvalue weighted by molar-refractivity contribution is 4.86. The van der Waals surface area contributed by atoms with E-state index in [9.17, 15) is 0 Å². The van der Waals surface area contributed by atoms with E-state index in [-0.39, 0.29) is 0 Å². The molecule has 1 unspecified atom stereocenters. The van der Waals surface area contributed by atoms with Crippen LogP contribution in [0, 0.1) is 11.8 Å². The fraction of sp³-hybridized carbons (Fsp3) is 1.00. The lowest BCUT2D eigenvalue weighted by Gasteiger charge is -2.34. The summed E-state index contributed by atoms with van der Waals surface area (Å²) in [5.41, 5.74) is 5.92. The summed E-state index contributed by atoms with van der Waals surface area (Å²) in [5, 5.41) is 0. The average Bonchev–Trinajstić information content (AvgIpc) is 2.34. The van der Waals surface area contributed by atoms with Crippen molar-refractivity contribution in [3.63, 3.8) is 0 Å². The standard InChI is InChI=1S/C11H24N2/c1-8(2)11(9(3)4)13-6-5-10(12)7-13/h8-11H,5-7,12H2,1-4H3. The molecule has 1 aliphatic rings. The van der Waals surface area contributed by atoms with Gasteiger partial charge in [0.05, 0.1) is 0 Å². The zero-order valence-electron chi connectivity index (χ0n) is 9.46. The number of nitrogens with zero attached hydrogens (tertiary/aromatic N) is 1. The Morgan fingerprint density at radius 1 is 1.15 bits per heavy atom. The van der Waals surface area contributed by atoms with E-state index < -0.39 is 0 Å². The van der Waals surface area contributed by atoms with E-state index in [0.717, 1.165) is 18.4 Å². The molecule has 2 heteroatoms. The predicted octanol–water partition coefficient (Wildman–Crippen LogP) is 1.70. The van der Waals surface area contributed by atoms with Crippen LogP contribution in [0.5, 0.6) is 0 Å². The molecule has 1 rings (SSSR count). The highest BCUT2D eigenvalue weighted by atomic mass is 15.2. The Hall–Kier alpha value is -0.0800. The third kappa shape index (κ3) is 2.68. The van der Waals surface area contributed by atoms with Crippen LogP contribution in [0.25, 0.3) is 0 Å². The Bertz CT molecular complexity index is 146. The maximum Gasteiger partial charge on any atom is 0.0180 e. The van der Waals surface area contributed by atoms with Gasteiger partial charge in [-0.15, -0.1) is 0 Å². The zero-order chi connectivity index (χ0) is 10.0. The summed E-state index contributed by atoms with van der Waals surface area (Å²) in [4.78, 5) is 2.57. The smallest absolute Gasteiger partial charge is 0.0180 e. The summed E-state index contributed by atoms with van der Waals surface area (Å²) in [5.74, 6) is 1.48. The largest absolute Gasteiger partial charge is 0.326 e. The lowest BCUT2D eigenvalue weighted by molar-refractivity contribution is 0.142. The zero-order valence-corrected chi connectivity index (χ0v) is 9.46. The Morgan fingerprint density at radius 2 is 1.69 bits per heavy atom. The molecule has 0 aliphatic carbocycles. The molecule has 0 bridgehead atoms. The number of rotatable bonds is 3. The molecule has 13 heavy (non-hydrogen) atoms. The van der Waals surface area contributed by atoms with E-state index >= 15 is 0 Å². The highest BCUT2D eigenvalue weighted by Gasteiger charge is 2.29. The Labute approximate surface area is 82.5 Å². The van der Waals surface area contributed by atoms with Gasteiger partial charge in [-0.1, -0.05) is 27.7 Å². The number of nitrogens with two attached hydrogens (primary N) is 1. The molecule has 0 spiro atoms. The summed E-state index contributed by atoms with van der Waals surface area (Å²) in [6.45, 7) is 11.6. The predicted molar refractivity (Wildman–Crippen MR) is 57.6 cm³/mol. The van der Waals surface area contributed by atoms with Gasteiger partial charge in [0.2, 0.25) is 0 Å². The van der Waals surface area contributed by atoms with Crippen molar-refractivity contribution in [1.82, 2.24) is 4.90 Å². The van der Waals surface area contributed by atoms with E-state index in [1.807, 2.05) is 0 Å². The van der Waals surface area contributed by atoms with Crippen molar-refractivity contribution >= 4 is 0 Å². The second-order valence-electron chi connectivity index (χ2n) is 5.02. The van der Waals surface area contributed by atoms with Crippen molar-refractivity contribution in [2.75, 3.05) is 13.1 Å². The van der Waals surface area contributed by atoms with Gasteiger partial charge in [0.25, 0.3) is 0 Å². The number of likely N-dealkylation sites (tertiary alicyclic amines) is 1. The van der Waals surface area contributed by atoms with Crippen molar-refractivity contribution in [2.24, 2.45) is 17.6 Å². The van der Waals surface area contributed by atoms with Crippen LogP contribution in [0.4, 0.5) is 0 Å². The van der Waals surface area contributed by atoms with E-state index in [2.05, 4.69) is 32.6 Å². The van der Waals surface area contributed by atoms with Crippen LogP contribution in [0.15, 0.2) is 0 Å². The summed E-state index contributed by atoms with van der Waals surface area (Å²) >= 11 is 0. The Kier molecular flexibility index (Phi) is 3.74. The van der Waals surface area contributed by atoms with Gasteiger partial charge < -0.3 is 5.73 Å². The fourth-order valence-electron chi connectivity index (χ4n) is 2.70. The minimum absolute atomic E-state index is 0.417. The molecule has 1 atom stereocenters. The molecule has 1 heterocycles. The van der Waals surface area contributed by atoms with Crippen LogP contribution in [0.2, 0.25) is 0 Å². The summed E-state index contributed by atoms with van der Waals surface area (Å²) in [6.07, 6.45) is 1.18. The van der Waals surface area contributed by atoms with Crippen LogP contribution in [-0.2, 0) is 0 Å². The molecule has 1 aliphatic heterocycles. The minimum atomic E-state index is 0.417. The molecule has 78 valence electrons. The first-order chi connectivity index (χ1) is 6.02. The molecule has 0 radical (unpaired) electrons. The monoisotopic (exact) mass is 184 g/mol. The molecular weight excluding hydrogens is 160 g/mol. The minimum Gasteiger partial charge on any atom is -0.326 e. The second-order valence-corrected chi connectivity index (χ2v) is 5.02. The third-order valence-corrected chi connectivity index (χ3v) is 3.04. The van der Waals surface area contributed by atoms with Gasteiger partial charge in [0, 0.05) is 25.2 Å². The average molecular weight is 184 g/mol. The Morgan fingerprint density at radius 3 is 2.00 bits per heavy atom. The molecule has 2 N–H and O–H groups in total. The number of hydrogen-bond acceptors (Lipinski definition) is 2. The van der Waals surface area contributed by atoms with Crippen LogP contribution >= 0.6 is 0 Å². The number of hydrogen-bond donors (Lipinski definition) is 1. The van der Waals surface area contributed by atoms with Crippen LogP contribution in [0.1, 0.15) is 34.1 Å². The highest BCUT2D eigenvalue weighted by Crippen LogP contribution is 2.23. The summed E-state index contributed by atoms with van der Waals surface area (Å²) < 4.78 is 0. The lowest BCUT2D eigenvalue weighted by Crippen LogP contribution is -2.42. The van der Waals surface area contributed by atoms with Crippen molar-refractivity contribution in [3.8, 4) is 0 Å². The first-order valence-corrected chi connectivity index (χ1v) is 5.52. The van der Waals surface area contributed by atoms with Gasteiger partial charge in [-0.25, -0.2) is 0 Å². The van der Waals surface area contributed by atoms with Crippen LogP contribution in [-0.4, -0.2) is 30.1 Å². The van der Waals surface area contributed by atoms with E-state index in [1.54, 1.807) is 0 Å². The molecule has 2 nitrogen and oxygen atoms in total. The van der Waals surface area contributed by atoms with Gasteiger partial charge in [-0.05, 0) is 18.3 Å². The maximum absolute atomic E-state index is 5.92. The molecular formula is C11H24N2. The summed E-state index contributed by atoms with van der Waals surface area (Å²) in [6, 6.07) is 1.13. The molecule has 0 saturated carbocycles. The summed E-state index contributed by atoms with van der Waals surface area (Å²) in [7, 11) is 0. The second kappa shape index (κ2) is 4.43. The normalized spacial score (nSPS) is 25.4. The van der Waals surface area contributed by atoms with Crippen molar-refractivity contribution < 1.29 is 0 Å². The van der Waals surface area contributed by atoms with E-state index in [1.165, 1.54) is 13.0 Å². The van der Waals surface area contributed by atoms with Gasteiger partial charge in [0.1, 0.15) is 0 Å². The van der Waals surface area contributed by atoms with Crippen molar-refractivity contribution in [1.29, 1.82) is 0 Å². The van der Waals surface area contributed by atoms with Crippen molar-refractivity contribution in [2.45, 2.75) is 46.2 Å². The topological polar surface area (TPSA) is 29.3 Å². The first kappa shape index (κ1) is 11.0. The van der Waals surface area contributed by atoms with Gasteiger partial charge in [-0.2, -0.15) is 0 Å². The van der Waals surface area contributed by atoms with Crippen LogP contribution < -0.4 is 5.73 Å². The fourth-order valence-corrected chi connectivity index (χ4v) is 2.70. The SMILES string of the molecule is CC(C)C(C(C)C)N1CCC(N)C1. The Balaban J connectivity index is 2.55. The van der Waals surface area contributed by atoms with Gasteiger partial charge in [0.15, 0.2) is 0 Å². The molecule has 0 aromatic heterocycles. The molecule has 0 aromatic carbocycles. The van der Waals surface area contributed by atoms with Gasteiger partial charge in [-0.3, -0.25) is 4.90 Å². The van der Waals surface area contributed by atoms with Crippen LogP contribution in [0.3, 0.4) is 0 Å². The molecule has 0 aromatic rings. The van der Waals surface area contributed by atoms with E-state index in [4.69, 9.17) is 5.73 Å². The third-order valence-electron chi connectivity index (χ3n) is 3.04. The maximum atomic E-state index is 5.92. The molecule has 1 fully saturated rings. The van der Waals surface area contributed by atoms with Gasteiger partial charge >= 0.3 is 0 Å². The molecule has 0 amide bonds. The lowest BCUT2D eigenvalue weighted by atomic mass is 9.92. The van der Waals surface area contributed by atoms with E-state index in [0.29, 0.717) is 12.1 Å². The molecule has 1 saturated heterocycles. The van der Waals surface area contributed by atoms with Crippen molar-refractivity contribution in [3.05, 3.63) is 0 Å².